The number of hydrogen-bond acceptors (Lipinski definition) is 4. The van der Waals surface area contributed by atoms with Crippen LogP contribution in [-0.2, 0) is 5.60 Å². The Morgan fingerprint density at radius 2 is 2.00 bits per heavy atom. The first-order valence-electron chi connectivity index (χ1n) is 7.60. The molecular formula is C17H21N3O3. The van der Waals surface area contributed by atoms with Gasteiger partial charge < -0.3 is 24.8 Å². The lowest BCUT2D eigenvalue weighted by atomic mass is 10.0. The minimum atomic E-state index is -1.09. The Balaban J connectivity index is 1.72. The standard InChI is InChI=1S/C17H21N3O3/c1-10-4-7-15(23-10)17(3,22)9-18-11(2)12-5-6-13-14(8-12)20-16(21)19-13/h4-8,11,18,22H,9H2,1-3H3,(H2,19,20,21). The lowest BCUT2D eigenvalue weighted by molar-refractivity contribution is 0.0313. The van der Waals surface area contributed by atoms with E-state index in [4.69, 9.17) is 4.42 Å². The summed E-state index contributed by atoms with van der Waals surface area (Å²) in [6.45, 7) is 5.93. The van der Waals surface area contributed by atoms with Crippen molar-refractivity contribution in [2.45, 2.75) is 32.4 Å². The third-order valence-electron chi connectivity index (χ3n) is 4.06. The van der Waals surface area contributed by atoms with Crippen LogP contribution in [0, 0.1) is 6.92 Å². The van der Waals surface area contributed by atoms with E-state index in [-0.39, 0.29) is 11.7 Å². The molecule has 3 rings (SSSR count). The topological polar surface area (TPSA) is 94.0 Å². The summed E-state index contributed by atoms with van der Waals surface area (Å²) < 4.78 is 5.51. The number of aromatic amines is 2. The van der Waals surface area contributed by atoms with Crippen molar-refractivity contribution in [2.75, 3.05) is 6.54 Å². The highest BCUT2D eigenvalue weighted by atomic mass is 16.4. The van der Waals surface area contributed by atoms with Crippen LogP contribution in [0.15, 0.2) is 39.5 Å². The SMILES string of the molecule is Cc1ccc(C(C)(O)CNC(C)c2ccc3[nH]c(=O)[nH]c3c2)o1. The average Bonchev–Trinajstić information content (AvgIpc) is 3.09. The lowest BCUT2D eigenvalue weighted by Gasteiger charge is -2.24. The van der Waals surface area contributed by atoms with Crippen molar-refractivity contribution in [3.05, 3.63) is 57.9 Å². The third-order valence-corrected chi connectivity index (χ3v) is 4.06. The van der Waals surface area contributed by atoms with Crippen LogP contribution >= 0.6 is 0 Å². The van der Waals surface area contributed by atoms with Crippen LogP contribution in [0.2, 0.25) is 0 Å². The van der Waals surface area contributed by atoms with Gasteiger partial charge in [-0.1, -0.05) is 6.07 Å². The van der Waals surface area contributed by atoms with Crippen LogP contribution in [0.1, 0.15) is 37.0 Å². The number of benzene rings is 1. The summed E-state index contributed by atoms with van der Waals surface area (Å²) in [5.41, 5.74) is 1.28. The van der Waals surface area contributed by atoms with E-state index in [1.54, 1.807) is 13.0 Å². The summed E-state index contributed by atoms with van der Waals surface area (Å²) in [5, 5.41) is 13.9. The monoisotopic (exact) mass is 315 g/mol. The number of fused-ring (bicyclic) bond motifs is 1. The van der Waals surface area contributed by atoms with Crippen molar-refractivity contribution in [1.29, 1.82) is 0 Å². The van der Waals surface area contributed by atoms with Gasteiger partial charge in [-0.25, -0.2) is 4.79 Å². The minimum absolute atomic E-state index is 0.0142. The zero-order chi connectivity index (χ0) is 16.6. The molecule has 0 aliphatic carbocycles. The van der Waals surface area contributed by atoms with Gasteiger partial charge in [0.2, 0.25) is 0 Å². The zero-order valence-corrected chi connectivity index (χ0v) is 13.4. The molecule has 6 nitrogen and oxygen atoms in total. The Hall–Kier alpha value is -2.31. The molecule has 0 radical (unpaired) electrons. The maximum atomic E-state index is 11.3. The summed E-state index contributed by atoms with van der Waals surface area (Å²) in [4.78, 5) is 16.8. The highest BCUT2D eigenvalue weighted by Crippen LogP contribution is 2.24. The molecule has 0 aliphatic rings. The molecule has 122 valence electrons. The van der Waals surface area contributed by atoms with Crippen molar-refractivity contribution in [2.24, 2.45) is 0 Å². The van der Waals surface area contributed by atoms with E-state index in [2.05, 4.69) is 15.3 Å². The lowest BCUT2D eigenvalue weighted by Crippen LogP contribution is -2.36. The maximum absolute atomic E-state index is 11.3. The molecule has 0 amide bonds. The van der Waals surface area contributed by atoms with Gasteiger partial charge in [-0.05, 0) is 50.6 Å². The number of H-pyrrole nitrogens is 2. The Morgan fingerprint density at radius 1 is 1.26 bits per heavy atom. The zero-order valence-electron chi connectivity index (χ0n) is 13.4. The fraction of sp³-hybridized carbons (Fsp3) is 0.353. The van der Waals surface area contributed by atoms with Crippen molar-refractivity contribution in [1.82, 2.24) is 15.3 Å². The Bertz CT molecular complexity index is 872. The van der Waals surface area contributed by atoms with Gasteiger partial charge in [0.25, 0.3) is 0 Å². The number of nitrogens with one attached hydrogen (secondary N) is 3. The normalized spacial score (nSPS) is 15.7. The largest absolute Gasteiger partial charge is 0.463 e. The molecule has 2 aromatic heterocycles. The number of rotatable bonds is 5. The van der Waals surface area contributed by atoms with Gasteiger partial charge in [0.15, 0.2) is 0 Å². The van der Waals surface area contributed by atoms with Gasteiger partial charge in [0.05, 0.1) is 11.0 Å². The summed E-state index contributed by atoms with van der Waals surface area (Å²) in [5.74, 6) is 1.32. The number of hydrogen-bond donors (Lipinski definition) is 4. The van der Waals surface area contributed by atoms with E-state index in [1.165, 1.54) is 0 Å². The molecule has 0 spiro atoms. The summed E-state index contributed by atoms with van der Waals surface area (Å²) >= 11 is 0. The summed E-state index contributed by atoms with van der Waals surface area (Å²) in [6.07, 6.45) is 0. The van der Waals surface area contributed by atoms with E-state index in [9.17, 15) is 9.90 Å². The predicted octanol–water partition coefficient (Wildman–Crippen LogP) is 2.32. The average molecular weight is 315 g/mol. The molecule has 2 unspecified atom stereocenters. The van der Waals surface area contributed by atoms with Gasteiger partial charge in [-0.3, -0.25) is 0 Å². The first-order chi connectivity index (χ1) is 10.8. The molecule has 4 N–H and O–H groups in total. The fourth-order valence-electron chi connectivity index (χ4n) is 2.60. The van der Waals surface area contributed by atoms with Gasteiger partial charge in [-0.15, -0.1) is 0 Å². The third kappa shape index (κ3) is 3.23. The highest BCUT2D eigenvalue weighted by molar-refractivity contribution is 5.75. The molecular weight excluding hydrogens is 294 g/mol. The molecule has 6 heteroatoms. The second kappa shape index (κ2) is 5.72. The van der Waals surface area contributed by atoms with Crippen LogP contribution in [0.25, 0.3) is 11.0 Å². The molecule has 0 aliphatic heterocycles. The van der Waals surface area contributed by atoms with Gasteiger partial charge in [0, 0.05) is 12.6 Å². The van der Waals surface area contributed by atoms with E-state index < -0.39 is 5.60 Å². The number of aromatic nitrogens is 2. The Labute approximate surface area is 133 Å². The van der Waals surface area contributed by atoms with Crippen molar-refractivity contribution >= 4 is 11.0 Å². The van der Waals surface area contributed by atoms with E-state index in [0.717, 1.165) is 22.4 Å². The Kier molecular flexibility index (Phi) is 3.87. The quantitative estimate of drug-likeness (QED) is 0.581. The van der Waals surface area contributed by atoms with Crippen molar-refractivity contribution in [3.63, 3.8) is 0 Å². The van der Waals surface area contributed by atoms with Gasteiger partial charge in [0.1, 0.15) is 17.1 Å². The maximum Gasteiger partial charge on any atom is 0.323 e. The van der Waals surface area contributed by atoms with E-state index >= 15 is 0 Å². The van der Waals surface area contributed by atoms with Crippen molar-refractivity contribution < 1.29 is 9.52 Å². The van der Waals surface area contributed by atoms with E-state index in [1.807, 2.05) is 38.1 Å². The number of imidazole rings is 1. The predicted molar refractivity (Wildman–Crippen MR) is 88.4 cm³/mol. The molecule has 23 heavy (non-hydrogen) atoms. The molecule has 0 saturated carbocycles. The van der Waals surface area contributed by atoms with Crippen LogP contribution in [0.5, 0.6) is 0 Å². The van der Waals surface area contributed by atoms with Gasteiger partial charge >= 0.3 is 5.69 Å². The van der Waals surface area contributed by atoms with Gasteiger partial charge in [-0.2, -0.15) is 0 Å². The first kappa shape index (κ1) is 15.6. The minimum Gasteiger partial charge on any atom is -0.463 e. The molecule has 3 aromatic rings. The van der Waals surface area contributed by atoms with Crippen LogP contribution < -0.4 is 11.0 Å². The summed E-state index contributed by atoms with van der Waals surface area (Å²) in [7, 11) is 0. The summed E-state index contributed by atoms with van der Waals surface area (Å²) in [6, 6.07) is 9.39. The molecule has 1 aromatic carbocycles. The number of furan rings is 1. The van der Waals surface area contributed by atoms with Crippen molar-refractivity contribution in [3.8, 4) is 0 Å². The number of aryl methyl sites for hydroxylation is 1. The van der Waals surface area contributed by atoms with Crippen LogP contribution in [-0.4, -0.2) is 21.6 Å². The fourth-order valence-corrected chi connectivity index (χ4v) is 2.60. The molecule has 2 heterocycles. The Morgan fingerprint density at radius 3 is 2.70 bits per heavy atom. The second-order valence-corrected chi connectivity index (χ2v) is 6.17. The molecule has 2 atom stereocenters. The first-order valence-corrected chi connectivity index (χ1v) is 7.60. The molecule has 0 fully saturated rings. The smallest absolute Gasteiger partial charge is 0.323 e. The van der Waals surface area contributed by atoms with E-state index in [0.29, 0.717) is 12.3 Å². The second-order valence-electron chi connectivity index (χ2n) is 6.17. The highest BCUT2D eigenvalue weighted by Gasteiger charge is 2.27. The van der Waals surface area contributed by atoms with Crippen LogP contribution in [0.3, 0.4) is 0 Å². The molecule has 0 bridgehead atoms. The number of aliphatic hydroxyl groups is 1. The van der Waals surface area contributed by atoms with Crippen LogP contribution in [0.4, 0.5) is 0 Å². The molecule has 0 saturated heterocycles.